The molecule has 1 aromatic carbocycles. The zero-order chi connectivity index (χ0) is 21.8. The largest absolute Gasteiger partial charge is 0.490 e. The van der Waals surface area contributed by atoms with Crippen LogP contribution in [0.3, 0.4) is 0 Å². The second kappa shape index (κ2) is 9.50. The smallest absolute Gasteiger partial charge is 0.251 e. The lowest BCUT2D eigenvalue weighted by Gasteiger charge is -2.32. The second-order valence-electron chi connectivity index (χ2n) is 8.79. The standard InChI is InChI=1S/C25H31N3O3/c1-17-4-3-5-21(26-17)16-18(2)27-24(29)19-8-10-22(11-9-19)31-23-12-14-28(15-13-23)25(30)20-6-7-20/h3-5,8-11,18,20,23H,6-7,12-16H2,1-2H3,(H,27,29). The molecule has 2 aromatic rings. The second-order valence-corrected chi connectivity index (χ2v) is 8.79. The minimum Gasteiger partial charge on any atom is -0.490 e. The lowest BCUT2D eigenvalue weighted by Crippen LogP contribution is -2.42. The number of hydrogen-bond donors (Lipinski definition) is 1. The highest BCUT2D eigenvalue weighted by Crippen LogP contribution is 2.32. The third-order valence-corrected chi connectivity index (χ3v) is 5.94. The molecule has 31 heavy (non-hydrogen) atoms. The molecule has 2 amide bonds. The predicted molar refractivity (Wildman–Crippen MR) is 119 cm³/mol. The number of aryl methyl sites for hydroxylation is 1. The van der Waals surface area contributed by atoms with E-state index in [4.69, 9.17) is 4.74 Å². The predicted octanol–water partition coefficient (Wildman–Crippen LogP) is 3.53. The zero-order valence-electron chi connectivity index (χ0n) is 18.3. The highest BCUT2D eigenvalue weighted by molar-refractivity contribution is 5.94. The molecule has 1 N–H and O–H groups in total. The highest BCUT2D eigenvalue weighted by atomic mass is 16.5. The van der Waals surface area contributed by atoms with Crippen molar-refractivity contribution in [1.29, 1.82) is 0 Å². The first-order valence-electron chi connectivity index (χ1n) is 11.3. The molecule has 1 saturated carbocycles. The van der Waals surface area contributed by atoms with Crippen LogP contribution in [0.2, 0.25) is 0 Å². The van der Waals surface area contributed by atoms with Gasteiger partial charge in [0.2, 0.25) is 5.91 Å². The molecule has 1 atom stereocenters. The molecule has 164 valence electrons. The summed E-state index contributed by atoms with van der Waals surface area (Å²) in [6.45, 7) is 5.50. The van der Waals surface area contributed by atoms with Gasteiger partial charge in [0.15, 0.2) is 0 Å². The van der Waals surface area contributed by atoms with Crippen LogP contribution in [-0.4, -0.2) is 46.9 Å². The molecule has 1 aliphatic carbocycles. The summed E-state index contributed by atoms with van der Waals surface area (Å²) >= 11 is 0. The first-order valence-corrected chi connectivity index (χ1v) is 11.3. The van der Waals surface area contributed by atoms with Crippen molar-refractivity contribution in [3.05, 3.63) is 59.4 Å². The van der Waals surface area contributed by atoms with Gasteiger partial charge >= 0.3 is 0 Å². The van der Waals surface area contributed by atoms with Gasteiger partial charge in [-0.2, -0.15) is 0 Å². The van der Waals surface area contributed by atoms with Crippen molar-refractivity contribution >= 4 is 11.8 Å². The normalized spacial score (nSPS) is 17.8. The molecule has 2 fully saturated rings. The number of pyridine rings is 1. The van der Waals surface area contributed by atoms with E-state index in [9.17, 15) is 9.59 Å². The first kappa shape index (κ1) is 21.3. The SMILES string of the molecule is Cc1cccc(CC(C)NC(=O)c2ccc(OC3CCN(C(=O)C4CC4)CC3)cc2)n1. The zero-order valence-corrected chi connectivity index (χ0v) is 18.3. The fourth-order valence-electron chi connectivity index (χ4n) is 4.04. The number of piperidine rings is 1. The Kier molecular flexibility index (Phi) is 6.54. The van der Waals surface area contributed by atoms with Crippen molar-refractivity contribution in [2.75, 3.05) is 13.1 Å². The van der Waals surface area contributed by atoms with E-state index in [1.807, 2.05) is 49.1 Å². The van der Waals surface area contributed by atoms with Crippen LogP contribution >= 0.6 is 0 Å². The van der Waals surface area contributed by atoms with Crippen molar-refractivity contribution in [2.45, 2.75) is 58.1 Å². The molecule has 6 nitrogen and oxygen atoms in total. The van der Waals surface area contributed by atoms with Crippen molar-refractivity contribution in [1.82, 2.24) is 15.2 Å². The topological polar surface area (TPSA) is 71.5 Å². The van der Waals surface area contributed by atoms with Crippen LogP contribution < -0.4 is 10.1 Å². The summed E-state index contributed by atoms with van der Waals surface area (Å²) in [6, 6.07) is 13.2. The van der Waals surface area contributed by atoms with Crippen molar-refractivity contribution in [3.63, 3.8) is 0 Å². The van der Waals surface area contributed by atoms with E-state index in [-0.39, 0.29) is 24.0 Å². The summed E-state index contributed by atoms with van der Waals surface area (Å²) in [7, 11) is 0. The molecule has 0 radical (unpaired) electrons. The van der Waals surface area contributed by atoms with E-state index in [1.165, 1.54) is 0 Å². The number of ether oxygens (including phenoxy) is 1. The molecule has 6 heteroatoms. The molecule has 1 saturated heterocycles. The summed E-state index contributed by atoms with van der Waals surface area (Å²) in [5.74, 6) is 1.27. The Hall–Kier alpha value is -2.89. The number of amides is 2. The van der Waals surface area contributed by atoms with Gasteiger partial charge in [-0.3, -0.25) is 14.6 Å². The van der Waals surface area contributed by atoms with E-state index >= 15 is 0 Å². The maximum Gasteiger partial charge on any atom is 0.251 e. The number of nitrogens with zero attached hydrogens (tertiary/aromatic N) is 2. The average molecular weight is 422 g/mol. The summed E-state index contributed by atoms with van der Waals surface area (Å²) in [5.41, 5.74) is 2.56. The quantitative estimate of drug-likeness (QED) is 0.742. The fraction of sp³-hybridized carbons (Fsp3) is 0.480. The van der Waals surface area contributed by atoms with Gasteiger partial charge in [0.05, 0.1) is 0 Å². The number of carbonyl (C=O) groups excluding carboxylic acids is 2. The third-order valence-electron chi connectivity index (χ3n) is 5.94. The van der Waals surface area contributed by atoms with E-state index in [0.717, 1.165) is 55.9 Å². The van der Waals surface area contributed by atoms with E-state index in [2.05, 4.69) is 10.3 Å². The molecular weight excluding hydrogens is 390 g/mol. The Morgan fingerprint density at radius 1 is 1.10 bits per heavy atom. The number of benzene rings is 1. The van der Waals surface area contributed by atoms with Crippen molar-refractivity contribution in [2.24, 2.45) is 5.92 Å². The lowest BCUT2D eigenvalue weighted by atomic mass is 10.1. The van der Waals surface area contributed by atoms with Gasteiger partial charge in [0.1, 0.15) is 11.9 Å². The lowest BCUT2D eigenvalue weighted by molar-refractivity contribution is -0.134. The summed E-state index contributed by atoms with van der Waals surface area (Å²) in [5, 5.41) is 3.04. The van der Waals surface area contributed by atoms with Crippen LogP contribution in [0, 0.1) is 12.8 Å². The summed E-state index contributed by atoms with van der Waals surface area (Å²) in [6.07, 6.45) is 4.62. The number of aromatic nitrogens is 1. The monoisotopic (exact) mass is 421 g/mol. The van der Waals surface area contributed by atoms with E-state index < -0.39 is 0 Å². The molecular formula is C25H31N3O3. The number of hydrogen-bond acceptors (Lipinski definition) is 4. The van der Waals surface area contributed by atoms with Crippen LogP contribution in [0.15, 0.2) is 42.5 Å². The molecule has 1 aliphatic heterocycles. The summed E-state index contributed by atoms with van der Waals surface area (Å²) in [4.78, 5) is 31.2. The molecule has 2 aliphatic rings. The maximum atomic E-state index is 12.6. The van der Waals surface area contributed by atoms with E-state index in [0.29, 0.717) is 17.9 Å². The molecule has 1 aromatic heterocycles. The van der Waals surface area contributed by atoms with Crippen LogP contribution in [0.1, 0.15) is 54.4 Å². The Balaban J connectivity index is 1.24. The number of carbonyl (C=O) groups is 2. The molecule has 1 unspecified atom stereocenters. The Morgan fingerprint density at radius 3 is 2.45 bits per heavy atom. The molecule has 0 spiro atoms. The highest BCUT2D eigenvalue weighted by Gasteiger charge is 2.35. The molecule has 0 bridgehead atoms. The van der Waals surface area contributed by atoms with Gasteiger partial charge < -0.3 is 15.0 Å². The van der Waals surface area contributed by atoms with Gasteiger partial charge in [-0.25, -0.2) is 0 Å². The number of likely N-dealkylation sites (tertiary alicyclic amines) is 1. The molecule has 4 rings (SSSR count). The van der Waals surface area contributed by atoms with Crippen LogP contribution in [0.4, 0.5) is 0 Å². The van der Waals surface area contributed by atoms with E-state index in [1.54, 1.807) is 12.1 Å². The third kappa shape index (κ3) is 5.84. The average Bonchev–Trinajstić information content (AvgIpc) is 3.60. The van der Waals surface area contributed by atoms with Crippen molar-refractivity contribution in [3.8, 4) is 5.75 Å². The molecule has 2 heterocycles. The van der Waals surface area contributed by atoms with Crippen molar-refractivity contribution < 1.29 is 14.3 Å². The Labute approximate surface area is 184 Å². The van der Waals surface area contributed by atoms with Gasteiger partial charge in [-0.05, 0) is 63.1 Å². The van der Waals surface area contributed by atoms with Crippen LogP contribution in [-0.2, 0) is 11.2 Å². The van der Waals surface area contributed by atoms with Crippen LogP contribution in [0.5, 0.6) is 5.75 Å². The van der Waals surface area contributed by atoms with Gasteiger partial charge in [0, 0.05) is 61.3 Å². The fourth-order valence-corrected chi connectivity index (χ4v) is 4.04. The minimum atomic E-state index is -0.0985. The maximum absolute atomic E-state index is 12.6. The van der Waals surface area contributed by atoms with Crippen LogP contribution in [0.25, 0.3) is 0 Å². The minimum absolute atomic E-state index is 0.0127. The summed E-state index contributed by atoms with van der Waals surface area (Å²) < 4.78 is 6.09. The van der Waals surface area contributed by atoms with Gasteiger partial charge in [-0.1, -0.05) is 6.07 Å². The van der Waals surface area contributed by atoms with Gasteiger partial charge in [0.25, 0.3) is 5.91 Å². The Morgan fingerprint density at radius 2 is 1.81 bits per heavy atom. The van der Waals surface area contributed by atoms with Gasteiger partial charge in [-0.15, -0.1) is 0 Å². The Bertz CT molecular complexity index is 916. The number of rotatable bonds is 7. The number of nitrogens with one attached hydrogen (secondary N) is 1. The first-order chi connectivity index (χ1) is 15.0.